The highest BCUT2D eigenvalue weighted by atomic mass is 32.1. The van der Waals surface area contributed by atoms with E-state index in [1.807, 2.05) is 25.1 Å². The van der Waals surface area contributed by atoms with E-state index in [0.29, 0.717) is 23.7 Å². The molecule has 1 saturated carbocycles. The van der Waals surface area contributed by atoms with Gasteiger partial charge < -0.3 is 9.84 Å². The second kappa shape index (κ2) is 8.94. The number of hydrogen-bond donors (Lipinski definition) is 1. The number of ether oxygens (including phenoxy) is 1. The molecule has 1 N–H and O–H groups in total. The quantitative estimate of drug-likeness (QED) is 0.294. The highest BCUT2D eigenvalue weighted by Gasteiger charge is 2.47. The van der Waals surface area contributed by atoms with Crippen LogP contribution in [0, 0.1) is 5.82 Å². The van der Waals surface area contributed by atoms with Crippen molar-refractivity contribution in [1.82, 2.24) is 14.9 Å². The summed E-state index contributed by atoms with van der Waals surface area (Å²) in [6.07, 6.45) is 1.37. The first kappa shape index (κ1) is 23.1. The fraction of sp³-hybridized carbons (Fsp3) is 0.321. The molecule has 1 aliphatic heterocycles. The molecule has 4 aromatic rings. The lowest BCUT2D eigenvalue weighted by atomic mass is 9.92. The predicted molar refractivity (Wildman–Crippen MR) is 137 cm³/mol. The van der Waals surface area contributed by atoms with E-state index >= 15 is 4.39 Å². The van der Waals surface area contributed by atoms with Crippen LogP contribution in [0.15, 0.2) is 60.7 Å². The van der Waals surface area contributed by atoms with E-state index in [4.69, 9.17) is 14.8 Å². The summed E-state index contributed by atoms with van der Waals surface area (Å²) in [4.78, 5) is 23.3. The maximum absolute atomic E-state index is 15.3. The zero-order valence-corrected chi connectivity index (χ0v) is 20.7. The first-order valence-electron chi connectivity index (χ1n) is 12.2. The van der Waals surface area contributed by atoms with E-state index in [2.05, 4.69) is 40.2 Å². The molecule has 6 rings (SSSR count). The largest absolute Gasteiger partial charge is 0.506 e. The predicted octanol–water partition coefficient (Wildman–Crippen LogP) is 6.41. The fourth-order valence-corrected chi connectivity index (χ4v) is 6.30. The average molecular weight is 504 g/mol. The fourth-order valence-electron chi connectivity index (χ4n) is 5.33. The molecule has 2 aromatic carbocycles. The van der Waals surface area contributed by atoms with Crippen molar-refractivity contribution in [3.8, 4) is 10.6 Å². The summed E-state index contributed by atoms with van der Waals surface area (Å²) in [7, 11) is 0. The van der Waals surface area contributed by atoms with Crippen molar-refractivity contribution in [1.29, 1.82) is 0 Å². The van der Waals surface area contributed by atoms with Crippen molar-refractivity contribution in [2.24, 2.45) is 0 Å². The van der Waals surface area contributed by atoms with Crippen molar-refractivity contribution in [3.63, 3.8) is 0 Å². The van der Waals surface area contributed by atoms with Gasteiger partial charge in [0, 0.05) is 30.1 Å². The zero-order chi connectivity index (χ0) is 24.9. The highest BCUT2D eigenvalue weighted by molar-refractivity contribution is 7.21. The average Bonchev–Trinajstić information content (AvgIpc) is 3.56. The third-order valence-electron chi connectivity index (χ3n) is 7.40. The number of thiazole rings is 1. The van der Waals surface area contributed by atoms with E-state index in [0.717, 1.165) is 40.9 Å². The second-order valence-corrected chi connectivity index (χ2v) is 10.6. The minimum atomic E-state index is -1.26. The Hall–Kier alpha value is -3.36. The first-order valence-corrected chi connectivity index (χ1v) is 13.1. The van der Waals surface area contributed by atoms with Gasteiger partial charge in [-0.1, -0.05) is 54.7 Å². The van der Waals surface area contributed by atoms with Gasteiger partial charge in [-0.15, -0.1) is 0 Å². The van der Waals surface area contributed by atoms with Crippen LogP contribution in [0.1, 0.15) is 49.0 Å². The number of carboxylic acid groups (broad SMARTS) is 1. The molecular weight excluding hydrogens is 477 g/mol. The molecule has 0 amide bonds. The Morgan fingerprint density at radius 2 is 1.94 bits per heavy atom. The Labute approximate surface area is 212 Å². The molecule has 2 aliphatic rings. The van der Waals surface area contributed by atoms with Crippen LogP contribution in [-0.4, -0.2) is 45.3 Å². The van der Waals surface area contributed by atoms with Gasteiger partial charge in [-0.05, 0) is 54.7 Å². The molecule has 0 unspecified atom stereocenters. The molecule has 2 fully saturated rings. The lowest BCUT2D eigenvalue weighted by molar-refractivity contribution is -0.0524. The van der Waals surface area contributed by atoms with Gasteiger partial charge in [-0.2, -0.15) is 0 Å². The SMILES string of the molecule is CC[C@@H](c1ccc(-c2nc3ccc(C4(c5ccccc5)CC4)nc3s2)c(F)c1)N1CC(OC(=O)O)C1. The lowest BCUT2D eigenvalue weighted by Gasteiger charge is -2.43. The number of fused-ring (bicyclic) bond motifs is 1. The number of halogens is 1. The van der Waals surface area contributed by atoms with Crippen LogP contribution in [0.3, 0.4) is 0 Å². The van der Waals surface area contributed by atoms with Crippen molar-refractivity contribution >= 4 is 27.8 Å². The van der Waals surface area contributed by atoms with Gasteiger partial charge >= 0.3 is 6.16 Å². The Morgan fingerprint density at radius 1 is 1.17 bits per heavy atom. The maximum atomic E-state index is 15.3. The molecule has 1 atom stereocenters. The summed E-state index contributed by atoms with van der Waals surface area (Å²) in [6, 6.07) is 19.9. The molecule has 0 spiro atoms. The molecule has 2 aromatic heterocycles. The third-order valence-corrected chi connectivity index (χ3v) is 8.40. The minimum Gasteiger partial charge on any atom is -0.450 e. The Balaban J connectivity index is 1.25. The molecule has 1 aliphatic carbocycles. The van der Waals surface area contributed by atoms with E-state index in [1.165, 1.54) is 16.9 Å². The smallest absolute Gasteiger partial charge is 0.450 e. The Kier molecular flexibility index (Phi) is 5.73. The van der Waals surface area contributed by atoms with Gasteiger partial charge in [-0.3, -0.25) is 4.90 Å². The molecular formula is C28H26FN3O3S. The van der Waals surface area contributed by atoms with Crippen molar-refractivity contribution < 1.29 is 19.0 Å². The van der Waals surface area contributed by atoms with Gasteiger partial charge in [-0.25, -0.2) is 19.2 Å². The summed E-state index contributed by atoms with van der Waals surface area (Å²) in [5, 5.41) is 9.41. The lowest BCUT2D eigenvalue weighted by Crippen LogP contribution is -2.53. The summed E-state index contributed by atoms with van der Waals surface area (Å²) in [6.45, 7) is 3.08. The molecule has 36 heavy (non-hydrogen) atoms. The van der Waals surface area contributed by atoms with Gasteiger partial charge in [0.15, 0.2) is 0 Å². The first-order chi connectivity index (χ1) is 17.5. The van der Waals surface area contributed by atoms with Crippen LogP contribution in [0.5, 0.6) is 0 Å². The number of pyridine rings is 1. The molecule has 184 valence electrons. The number of hydrogen-bond acceptors (Lipinski definition) is 6. The van der Waals surface area contributed by atoms with Crippen LogP contribution in [0.25, 0.3) is 20.9 Å². The number of carbonyl (C=O) groups is 1. The number of benzene rings is 2. The number of aromatic nitrogens is 2. The van der Waals surface area contributed by atoms with Crippen LogP contribution >= 0.6 is 11.3 Å². The van der Waals surface area contributed by atoms with Crippen LogP contribution in [0.2, 0.25) is 0 Å². The highest BCUT2D eigenvalue weighted by Crippen LogP contribution is 2.53. The molecule has 1 saturated heterocycles. The van der Waals surface area contributed by atoms with Gasteiger partial charge in [0.25, 0.3) is 0 Å². The van der Waals surface area contributed by atoms with Crippen molar-refractivity contribution in [2.45, 2.75) is 43.7 Å². The summed E-state index contributed by atoms with van der Waals surface area (Å²) < 4.78 is 20.1. The molecule has 3 heterocycles. The van der Waals surface area contributed by atoms with E-state index < -0.39 is 6.16 Å². The topological polar surface area (TPSA) is 75.5 Å². The maximum Gasteiger partial charge on any atom is 0.506 e. The van der Waals surface area contributed by atoms with Crippen LogP contribution in [-0.2, 0) is 10.2 Å². The Bertz CT molecular complexity index is 1430. The molecule has 6 nitrogen and oxygen atoms in total. The third kappa shape index (κ3) is 4.04. The number of nitrogens with zero attached hydrogens (tertiary/aromatic N) is 3. The van der Waals surface area contributed by atoms with Crippen LogP contribution < -0.4 is 0 Å². The van der Waals surface area contributed by atoms with E-state index in [1.54, 1.807) is 12.1 Å². The normalized spacial score (nSPS) is 18.1. The molecule has 8 heteroatoms. The number of likely N-dealkylation sites (tertiary alicyclic amines) is 1. The summed E-state index contributed by atoms with van der Waals surface area (Å²) >= 11 is 1.42. The summed E-state index contributed by atoms with van der Waals surface area (Å²) in [5.74, 6) is -0.313. The minimum absolute atomic E-state index is 0.00880. The van der Waals surface area contributed by atoms with E-state index in [9.17, 15) is 4.79 Å². The van der Waals surface area contributed by atoms with Crippen molar-refractivity contribution in [3.05, 3.63) is 83.3 Å². The Morgan fingerprint density at radius 3 is 2.61 bits per heavy atom. The van der Waals surface area contributed by atoms with Gasteiger partial charge in [0.05, 0.1) is 5.69 Å². The monoisotopic (exact) mass is 503 g/mol. The standard InChI is InChI=1S/C28H26FN3O3S/c1-2-23(32-15-19(16-32)35-27(33)34)17-8-9-20(21(29)14-17)25-30-22-10-11-24(31-26(22)36-25)28(12-13-28)18-6-4-3-5-7-18/h3-11,14,19,23H,2,12-13,15-16H2,1H3,(H,33,34)/t23-/m0/s1. The zero-order valence-electron chi connectivity index (χ0n) is 19.9. The number of rotatable bonds is 7. The van der Waals surface area contributed by atoms with Crippen LogP contribution in [0.4, 0.5) is 9.18 Å². The van der Waals surface area contributed by atoms with Gasteiger partial charge in [0.2, 0.25) is 0 Å². The molecule has 0 radical (unpaired) electrons. The van der Waals surface area contributed by atoms with E-state index in [-0.39, 0.29) is 23.4 Å². The molecule has 0 bridgehead atoms. The van der Waals surface area contributed by atoms with Crippen molar-refractivity contribution in [2.75, 3.05) is 13.1 Å². The summed E-state index contributed by atoms with van der Waals surface area (Å²) in [5.41, 5.74) is 4.44. The second-order valence-electron chi connectivity index (χ2n) is 9.61. The van der Waals surface area contributed by atoms with Gasteiger partial charge in [0.1, 0.15) is 27.3 Å².